The molecule has 0 heterocycles. The van der Waals surface area contributed by atoms with E-state index in [2.05, 4.69) is 156 Å². The van der Waals surface area contributed by atoms with Crippen molar-refractivity contribution in [2.75, 3.05) is 0 Å². The van der Waals surface area contributed by atoms with Crippen LogP contribution in [0, 0.1) is 38.8 Å². The van der Waals surface area contributed by atoms with Gasteiger partial charge in [-0.1, -0.05) is 169 Å². The Kier molecular flexibility index (Phi) is 14.8. The third kappa shape index (κ3) is 9.71. The zero-order valence-corrected chi connectivity index (χ0v) is 42.2. The van der Waals surface area contributed by atoms with Crippen LogP contribution in [0.4, 0.5) is 0 Å². The molecule has 2 atom stereocenters. The van der Waals surface area contributed by atoms with Gasteiger partial charge in [-0.15, -0.1) is 22.3 Å². The summed E-state index contributed by atoms with van der Waals surface area (Å²) in [4.78, 5) is 0. The molecule has 4 aliphatic rings. The first-order valence-corrected chi connectivity index (χ1v) is 21.8. The van der Waals surface area contributed by atoms with Crippen molar-refractivity contribution in [3.63, 3.8) is 0 Å². The van der Waals surface area contributed by atoms with Gasteiger partial charge in [0.25, 0.3) is 0 Å². The zero-order valence-electron chi connectivity index (χ0n) is 38.7. The topological polar surface area (TPSA) is 0 Å². The zero-order chi connectivity index (χ0) is 38.8. The van der Waals surface area contributed by atoms with Crippen molar-refractivity contribution in [2.24, 2.45) is 11.8 Å². The van der Waals surface area contributed by atoms with E-state index in [0.29, 0.717) is 11.8 Å². The minimum absolute atomic E-state index is 0. The minimum Gasteiger partial charge on any atom is -0.358 e. The van der Waals surface area contributed by atoms with Gasteiger partial charge in [-0.25, -0.2) is 0 Å². The summed E-state index contributed by atoms with van der Waals surface area (Å²) >= 11 is 0. The van der Waals surface area contributed by atoms with Crippen molar-refractivity contribution in [3.05, 3.63) is 132 Å². The normalized spacial score (nSPS) is 19.4. The fourth-order valence-corrected chi connectivity index (χ4v) is 10.1. The van der Waals surface area contributed by atoms with E-state index < -0.39 is 0 Å². The van der Waals surface area contributed by atoms with E-state index in [1.165, 1.54) is 120 Å². The molecule has 0 spiro atoms. The summed E-state index contributed by atoms with van der Waals surface area (Å²) in [7, 11) is 0. The third-order valence-electron chi connectivity index (χ3n) is 13.5. The Morgan fingerprint density at radius 2 is 0.719 bits per heavy atom. The number of fused-ring (bicyclic) bond motifs is 6. The molecule has 4 aromatic rings. The van der Waals surface area contributed by atoms with E-state index in [4.69, 9.17) is 0 Å². The second kappa shape index (κ2) is 17.8. The molecule has 2 saturated carbocycles. The molecule has 2 unspecified atom stereocenters. The number of hydrogen-bond donors (Lipinski definition) is 0. The number of hydrogen-bond acceptors (Lipinski definition) is 0. The van der Waals surface area contributed by atoms with Crippen molar-refractivity contribution in [2.45, 2.75) is 181 Å². The van der Waals surface area contributed by atoms with Gasteiger partial charge in [0.1, 0.15) is 0 Å². The second-order valence-corrected chi connectivity index (χ2v) is 21.8. The summed E-state index contributed by atoms with van der Waals surface area (Å²) in [6, 6.07) is 31.7. The van der Waals surface area contributed by atoms with Gasteiger partial charge in [-0.3, -0.25) is 0 Å². The van der Waals surface area contributed by atoms with Gasteiger partial charge >= 0.3 is 25.8 Å². The van der Waals surface area contributed by atoms with Crippen LogP contribution in [0.1, 0.15) is 204 Å². The molecule has 0 bridgehead atoms. The Bertz CT molecular complexity index is 1700. The maximum Gasteiger partial charge on any atom is 4.00 e. The maximum atomic E-state index is 3.92. The van der Waals surface area contributed by atoms with Gasteiger partial charge < -0.3 is 14.9 Å². The summed E-state index contributed by atoms with van der Waals surface area (Å²) in [6.07, 6.45) is 13.9. The molecule has 0 aliphatic heterocycles. The van der Waals surface area contributed by atoms with Gasteiger partial charge in [0.15, 0.2) is 0 Å². The predicted molar refractivity (Wildman–Crippen MR) is 246 cm³/mol. The number of rotatable bonds is 2. The monoisotopic (exact) mass is 929 g/mol. The smallest absolute Gasteiger partial charge is 0.358 e. The van der Waals surface area contributed by atoms with Gasteiger partial charge in [0.05, 0.1) is 0 Å². The molecule has 4 aromatic carbocycles. The van der Waals surface area contributed by atoms with Gasteiger partial charge in [-0.2, -0.15) is 47.5 Å². The molecular formula is C56H76Hf. The molecule has 0 amide bonds. The molecule has 0 N–H and O–H groups in total. The summed E-state index contributed by atoms with van der Waals surface area (Å²) in [6.45, 7) is 27.8. The van der Waals surface area contributed by atoms with Crippen molar-refractivity contribution in [1.29, 1.82) is 0 Å². The van der Waals surface area contributed by atoms with Gasteiger partial charge in [0.2, 0.25) is 0 Å². The summed E-state index contributed by atoms with van der Waals surface area (Å²) in [5, 5.41) is 0. The quantitative estimate of drug-likeness (QED) is 0.139. The molecule has 0 aromatic heterocycles. The van der Waals surface area contributed by atoms with Crippen LogP contribution < -0.4 is 0 Å². The van der Waals surface area contributed by atoms with E-state index in [1.54, 1.807) is 11.1 Å². The Labute approximate surface area is 370 Å². The summed E-state index contributed by atoms with van der Waals surface area (Å²) < 4.78 is 0. The second-order valence-electron chi connectivity index (χ2n) is 21.8. The molecule has 2 fully saturated rings. The summed E-state index contributed by atoms with van der Waals surface area (Å²) in [5.74, 6) is 2.64. The van der Waals surface area contributed by atoms with Crippen LogP contribution in [0.25, 0.3) is 22.3 Å². The van der Waals surface area contributed by atoms with Crippen molar-refractivity contribution in [1.82, 2.24) is 0 Å². The van der Waals surface area contributed by atoms with Crippen molar-refractivity contribution < 1.29 is 25.8 Å². The van der Waals surface area contributed by atoms with Gasteiger partial charge in [-0.05, 0) is 93.3 Å². The third-order valence-corrected chi connectivity index (χ3v) is 13.5. The van der Waals surface area contributed by atoms with Crippen LogP contribution in [0.2, 0.25) is 0 Å². The molecule has 8 rings (SSSR count). The Balaban J connectivity index is 0.000000240. The fourth-order valence-electron chi connectivity index (χ4n) is 10.1. The van der Waals surface area contributed by atoms with Gasteiger partial charge in [0, 0.05) is 0 Å². The average molecular weight is 928 g/mol. The maximum absolute atomic E-state index is 3.92. The van der Waals surface area contributed by atoms with E-state index >= 15 is 0 Å². The first kappa shape index (κ1) is 47.4. The van der Waals surface area contributed by atoms with E-state index in [9.17, 15) is 0 Å². The molecule has 4 aliphatic carbocycles. The minimum atomic E-state index is 0. The van der Waals surface area contributed by atoms with Crippen LogP contribution in [-0.2, 0) is 47.5 Å². The van der Waals surface area contributed by atoms with Crippen LogP contribution in [0.15, 0.2) is 60.7 Å². The number of benzene rings is 4. The Morgan fingerprint density at radius 1 is 0.404 bits per heavy atom. The summed E-state index contributed by atoms with van der Waals surface area (Å²) in [5.41, 5.74) is 18.2. The molecule has 304 valence electrons. The molecule has 0 nitrogen and oxygen atoms in total. The van der Waals surface area contributed by atoms with Crippen LogP contribution >= 0.6 is 0 Å². The van der Waals surface area contributed by atoms with Crippen LogP contribution in [0.3, 0.4) is 0 Å². The Hall–Kier alpha value is -2.25. The predicted octanol–water partition coefficient (Wildman–Crippen LogP) is 16.4. The SMILES string of the molecule is CC(C)(C)c1[c-]c2c(cc1)-c1ccc(C(C)(C)C)cc1C2C1CCCCC1.CC(C)(C)c1[c-]c2c(cc1)-c1ccc(C(C)(C)C)cc1C2C1CCCCC1.[CH3-].[CH3-].[Hf+4]. The van der Waals surface area contributed by atoms with E-state index in [1.807, 2.05) is 0 Å². The molecule has 1 heteroatoms. The van der Waals surface area contributed by atoms with Crippen molar-refractivity contribution >= 4 is 0 Å². The van der Waals surface area contributed by atoms with Crippen LogP contribution in [0.5, 0.6) is 0 Å². The largest absolute Gasteiger partial charge is 4.00 e. The average Bonchev–Trinajstić information content (AvgIpc) is 3.62. The first-order valence-electron chi connectivity index (χ1n) is 21.8. The Morgan fingerprint density at radius 3 is 1.02 bits per heavy atom. The van der Waals surface area contributed by atoms with Crippen LogP contribution in [-0.4, -0.2) is 0 Å². The first-order chi connectivity index (χ1) is 25.3. The van der Waals surface area contributed by atoms with E-state index in [0.717, 1.165) is 11.8 Å². The molecule has 57 heavy (non-hydrogen) atoms. The fraction of sp³-hybridized carbons (Fsp3) is 0.536. The molecule has 0 radical (unpaired) electrons. The molecule has 0 saturated heterocycles. The standard InChI is InChI=1S/2C27H35.2CH3.Hf/c2*1-26(2,3)19-12-14-21-22-15-13-20(27(4,5)6)17-24(22)25(23(21)16-19)18-10-8-7-9-11-18;;;/h2*12-16,18,25H,7-11H2,1-6H3;2*1H3;/q4*-1;+4. The van der Waals surface area contributed by atoms with Crippen molar-refractivity contribution in [3.8, 4) is 22.3 Å². The van der Waals surface area contributed by atoms with E-state index in [-0.39, 0.29) is 62.4 Å². The molecular weight excluding hydrogens is 851 g/mol.